The lowest BCUT2D eigenvalue weighted by Gasteiger charge is -2.32. The summed E-state index contributed by atoms with van der Waals surface area (Å²) in [7, 11) is 0. The zero-order chi connectivity index (χ0) is 26.3. The van der Waals surface area contributed by atoms with Crippen molar-refractivity contribution in [2.75, 3.05) is 19.6 Å². The number of amides is 3. The van der Waals surface area contributed by atoms with Gasteiger partial charge >= 0.3 is 6.18 Å². The molecular formula is C23H25F3N6O4. The standard InChI is InChI=1S/C23H25F3N6O4/c1-14(21(27)34)17(10-15-4-2-3-7-28-15)22(35)29-12-20(33)32-8-5-16(6-9-32)36-19-11-18(23(24,25)26)30-13-31-19/h2-4,7,11,13,16-17H,1,5-6,8-10,12H2,(H2,27,34)(H,29,35). The first-order chi connectivity index (χ1) is 17.0. The number of nitrogens with one attached hydrogen (secondary N) is 1. The molecule has 192 valence electrons. The van der Waals surface area contributed by atoms with Crippen molar-refractivity contribution in [1.82, 2.24) is 25.2 Å². The maximum Gasteiger partial charge on any atom is 0.433 e. The molecule has 3 heterocycles. The Morgan fingerprint density at radius 3 is 2.53 bits per heavy atom. The van der Waals surface area contributed by atoms with Crippen LogP contribution in [0.3, 0.4) is 0 Å². The Bertz CT molecular complexity index is 1100. The molecule has 10 nitrogen and oxygen atoms in total. The minimum atomic E-state index is -4.61. The maximum absolute atomic E-state index is 12.8. The number of piperidine rings is 1. The highest BCUT2D eigenvalue weighted by atomic mass is 19.4. The van der Waals surface area contributed by atoms with Gasteiger partial charge in [-0.3, -0.25) is 19.4 Å². The fraction of sp³-hybridized carbons (Fsp3) is 0.391. The van der Waals surface area contributed by atoms with Crippen molar-refractivity contribution in [3.05, 3.63) is 60.3 Å². The highest BCUT2D eigenvalue weighted by molar-refractivity contribution is 5.99. The minimum absolute atomic E-state index is 0.0878. The Hall–Kier alpha value is -4.03. The van der Waals surface area contributed by atoms with Crippen LogP contribution in [0, 0.1) is 5.92 Å². The molecule has 1 saturated heterocycles. The number of pyridine rings is 1. The zero-order valence-electron chi connectivity index (χ0n) is 19.2. The van der Waals surface area contributed by atoms with Gasteiger partial charge in [-0.25, -0.2) is 9.97 Å². The average molecular weight is 506 g/mol. The number of nitrogens with zero attached hydrogens (tertiary/aromatic N) is 4. The van der Waals surface area contributed by atoms with Crippen molar-refractivity contribution < 1.29 is 32.3 Å². The molecule has 3 amide bonds. The number of likely N-dealkylation sites (tertiary alicyclic amines) is 1. The molecule has 0 aromatic carbocycles. The quantitative estimate of drug-likeness (QED) is 0.488. The van der Waals surface area contributed by atoms with E-state index in [1.807, 2.05) is 0 Å². The lowest BCUT2D eigenvalue weighted by molar-refractivity contribution is -0.141. The summed E-state index contributed by atoms with van der Waals surface area (Å²) in [5, 5.41) is 2.53. The van der Waals surface area contributed by atoms with Gasteiger partial charge in [0.2, 0.25) is 23.6 Å². The lowest BCUT2D eigenvalue weighted by atomic mass is 9.93. The summed E-state index contributed by atoms with van der Waals surface area (Å²) in [4.78, 5) is 49.5. The van der Waals surface area contributed by atoms with Crippen molar-refractivity contribution in [3.63, 3.8) is 0 Å². The molecule has 0 spiro atoms. The van der Waals surface area contributed by atoms with Gasteiger partial charge in [0.05, 0.1) is 12.5 Å². The Kier molecular flexibility index (Phi) is 8.56. The van der Waals surface area contributed by atoms with Crippen LogP contribution in [0.4, 0.5) is 13.2 Å². The Labute approximate surface area is 204 Å². The average Bonchev–Trinajstić information content (AvgIpc) is 2.86. The molecule has 3 rings (SSSR count). The van der Waals surface area contributed by atoms with Crippen molar-refractivity contribution in [1.29, 1.82) is 0 Å². The van der Waals surface area contributed by atoms with Crippen LogP contribution in [0.2, 0.25) is 0 Å². The maximum atomic E-state index is 12.8. The van der Waals surface area contributed by atoms with Gasteiger partial charge in [0, 0.05) is 55.9 Å². The van der Waals surface area contributed by atoms with Gasteiger partial charge in [0.1, 0.15) is 12.4 Å². The first kappa shape index (κ1) is 26.6. The number of ether oxygens (including phenoxy) is 1. The van der Waals surface area contributed by atoms with Crippen LogP contribution in [-0.4, -0.2) is 63.3 Å². The van der Waals surface area contributed by atoms with Crippen LogP contribution < -0.4 is 15.8 Å². The molecule has 3 N–H and O–H groups in total. The van der Waals surface area contributed by atoms with E-state index in [4.69, 9.17) is 10.5 Å². The molecule has 1 aliphatic rings. The lowest BCUT2D eigenvalue weighted by Crippen LogP contribution is -2.47. The second kappa shape index (κ2) is 11.6. The molecule has 2 aromatic heterocycles. The number of primary amides is 1. The number of carbonyl (C=O) groups is 3. The molecule has 1 atom stereocenters. The summed E-state index contributed by atoms with van der Waals surface area (Å²) in [6.45, 7) is 3.86. The van der Waals surface area contributed by atoms with Crippen LogP contribution >= 0.6 is 0 Å². The summed E-state index contributed by atoms with van der Waals surface area (Å²) in [6, 6.07) is 5.87. The van der Waals surface area contributed by atoms with Crippen molar-refractivity contribution in [2.24, 2.45) is 11.7 Å². The second-order valence-electron chi connectivity index (χ2n) is 8.12. The largest absolute Gasteiger partial charge is 0.474 e. The number of hydrogen-bond donors (Lipinski definition) is 2. The molecule has 0 aliphatic carbocycles. The molecule has 0 saturated carbocycles. The normalized spacial score (nSPS) is 15.1. The third-order valence-electron chi connectivity index (χ3n) is 5.62. The number of carbonyl (C=O) groups excluding carboxylic acids is 3. The highest BCUT2D eigenvalue weighted by Gasteiger charge is 2.33. The summed E-state index contributed by atoms with van der Waals surface area (Å²) in [6.07, 6.45) is -1.88. The van der Waals surface area contributed by atoms with Crippen molar-refractivity contribution in [3.8, 4) is 5.88 Å². The number of alkyl halides is 3. The predicted molar refractivity (Wildman–Crippen MR) is 120 cm³/mol. The van der Waals surface area contributed by atoms with E-state index in [2.05, 4.69) is 26.8 Å². The van der Waals surface area contributed by atoms with Gasteiger partial charge in [-0.1, -0.05) is 12.6 Å². The summed E-state index contributed by atoms with van der Waals surface area (Å²) >= 11 is 0. The van der Waals surface area contributed by atoms with E-state index in [9.17, 15) is 27.6 Å². The van der Waals surface area contributed by atoms with Gasteiger partial charge in [0.15, 0.2) is 5.69 Å². The summed E-state index contributed by atoms with van der Waals surface area (Å²) < 4.78 is 44.0. The van der Waals surface area contributed by atoms with E-state index in [1.165, 1.54) is 4.90 Å². The monoisotopic (exact) mass is 506 g/mol. The van der Waals surface area contributed by atoms with Crippen molar-refractivity contribution in [2.45, 2.75) is 31.5 Å². The molecule has 13 heteroatoms. The minimum Gasteiger partial charge on any atom is -0.474 e. The van der Waals surface area contributed by atoms with Gasteiger partial charge in [0.25, 0.3) is 0 Å². The fourth-order valence-corrected chi connectivity index (χ4v) is 3.62. The zero-order valence-corrected chi connectivity index (χ0v) is 19.2. The number of halogens is 3. The first-order valence-corrected chi connectivity index (χ1v) is 11.0. The van der Waals surface area contributed by atoms with E-state index >= 15 is 0 Å². The Morgan fingerprint density at radius 1 is 1.19 bits per heavy atom. The third kappa shape index (κ3) is 7.23. The number of hydrogen-bond acceptors (Lipinski definition) is 7. The summed E-state index contributed by atoms with van der Waals surface area (Å²) in [5.41, 5.74) is 4.67. The van der Waals surface area contributed by atoms with Gasteiger partial charge < -0.3 is 20.7 Å². The predicted octanol–water partition coefficient (Wildman–Crippen LogP) is 1.28. The molecule has 36 heavy (non-hydrogen) atoms. The first-order valence-electron chi connectivity index (χ1n) is 11.0. The molecule has 2 aromatic rings. The SMILES string of the molecule is C=C(C(N)=O)C(Cc1ccccn1)C(=O)NCC(=O)N1CCC(Oc2cc(C(F)(F)F)ncn2)CC1. The Balaban J connectivity index is 1.50. The van der Waals surface area contributed by atoms with Gasteiger partial charge in [-0.05, 0) is 12.1 Å². The van der Waals surface area contributed by atoms with Gasteiger partial charge in [-0.2, -0.15) is 13.2 Å². The second-order valence-corrected chi connectivity index (χ2v) is 8.12. The number of nitrogens with two attached hydrogens (primary N) is 1. The molecule has 1 aliphatic heterocycles. The van der Waals surface area contributed by atoms with Crippen LogP contribution in [-0.2, 0) is 27.0 Å². The van der Waals surface area contributed by atoms with Crippen LogP contribution in [0.15, 0.2) is 48.9 Å². The fourth-order valence-electron chi connectivity index (χ4n) is 3.62. The van der Waals surface area contributed by atoms with Gasteiger partial charge in [-0.15, -0.1) is 0 Å². The van der Waals surface area contributed by atoms with Crippen LogP contribution in [0.5, 0.6) is 5.88 Å². The van der Waals surface area contributed by atoms with E-state index < -0.39 is 35.7 Å². The van der Waals surface area contributed by atoms with Crippen molar-refractivity contribution >= 4 is 17.7 Å². The van der Waals surface area contributed by atoms with Crippen LogP contribution in [0.25, 0.3) is 0 Å². The molecule has 1 fully saturated rings. The van der Waals surface area contributed by atoms with E-state index in [-0.39, 0.29) is 43.4 Å². The molecule has 0 radical (unpaired) electrons. The molecule has 1 unspecified atom stereocenters. The number of rotatable bonds is 9. The smallest absolute Gasteiger partial charge is 0.433 e. The van der Waals surface area contributed by atoms with E-state index in [0.717, 1.165) is 12.4 Å². The third-order valence-corrected chi connectivity index (χ3v) is 5.62. The topological polar surface area (TPSA) is 140 Å². The molecule has 0 bridgehead atoms. The van der Waals surface area contributed by atoms with Crippen LogP contribution in [0.1, 0.15) is 24.2 Å². The molecular weight excluding hydrogens is 481 g/mol. The van der Waals surface area contributed by atoms with E-state index in [1.54, 1.807) is 24.4 Å². The Morgan fingerprint density at radius 2 is 1.92 bits per heavy atom. The highest BCUT2D eigenvalue weighted by Crippen LogP contribution is 2.29. The number of aromatic nitrogens is 3. The summed E-state index contributed by atoms with van der Waals surface area (Å²) in [5.74, 6) is -2.95. The van der Waals surface area contributed by atoms with E-state index in [0.29, 0.717) is 18.5 Å².